The number of ether oxygens (including phenoxy) is 2. The van der Waals surface area contributed by atoms with E-state index in [0.29, 0.717) is 30.0 Å². The molecule has 1 aromatic rings. The minimum Gasteiger partial charge on any atom is -0.493 e. The largest absolute Gasteiger partial charge is 0.493 e. The summed E-state index contributed by atoms with van der Waals surface area (Å²) in [5.41, 5.74) is 0.421. The second-order valence-corrected chi connectivity index (χ2v) is 3.37. The molecule has 5 nitrogen and oxygen atoms in total. The van der Waals surface area contributed by atoms with E-state index in [2.05, 4.69) is 5.32 Å². The van der Waals surface area contributed by atoms with Gasteiger partial charge in [-0.05, 0) is 18.6 Å². The zero-order valence-electron chi connectivity index (χ0n) is 10.0. The van der Waals surface area contributed by atoms with Gasteiger partial charge >= 0.3 is 0 Å². The number of aliphatic hydroxyl groups is 1. The summed E-state index contributed by atoms with van der Waals surface area (Å²) >= 11 is 0. The van der Waals surface area contributed by atoms with Gasteiger partial charge in [-0.2, -0.15) is 0 Å². The maximum Gasteiger partial charge on any atom is 0.255 e. The first kappa shape index (κ1) is 13.3. The van der Waals surface area contributed by atoms with Crippen LogP contribution >= 0.6 is 0 Å². The molecule has 1 rings (SSSR count). The fraction of sp³-hybridized carbons (Fsp3) is 0.417. The second-order valence-electron chi connectivity index (χ2n) is 3.37. The molecule has 0 aliphatic heterocycles. The number of nitrogens with one attached hydrogen (secondary N) is 1. The van der Waals surface area contributed by atoms with Crippen LogP contribution in [0.25, 0.3) is 0 Å². The average molecular weight is 239 g/mol. The normalized spacial score (nSPS) is 9.82. The van der Waals surface area contributed by atoms with Gasteiger partial charge in [-0.25, -0.2) is 0 Å². The van der Waals surface area contributed by atoms with E-state index in [9.17, 15) is 4.79 Å². The van der Waals surface area contributed by atoms with Gasteiger partial charge in [0.25, 0.3) is 5.91 Å². The van der Waals surface area contributed by atoms with Crippen LogP contribution in [0.4, 0.5) is 0 Å². The first-order valence-electron chi connectivity index (χ1n) is 5.34. The van der Waals surface area contributed by atoms with Gasteiger partial charge in [0.2, 0.25) is 0 Å². The van der Waals surface area contributed by atoms with Crippen LogP contribution in [0.5, 0.6) is 11.5 Å². The van der Waals surface area contributed by atoms with E-state index in [-0.39, 0.29) is 12.5 Å². The molecule has 0 fully saturated rings. The van der Waals surface area contributed by atoms with E-state index in [0.717, 1.165) is 0 Å². The van der Waals surface area contributed by atoms with Gasteiger partial charge in [0.15, 0.2) is 11.5 Å². The molecule has 2 N–H and O–H groups in total. The fourth-order valence-electron chi connectivity index (χ4n) is 1.44. The van der Waals surface area contributed by atoms with Gasteiger partial charge < -0.3 is 19.9 Å². The highest BCUT2D eigenvalue weighted by Crippen LogP contribution is 2.30. The Morgan fingerprint density at radius 3 is 2.71 bits per heavy atom. The molecule has 0 heterocycles. The fourth-order valence-corrected chi connectivity index (χ4v) is 1.44. The zero-order valence-corrected chi connectivity index (χ0v) is 10.0. The van der Waals surface area contributed by atoms with Crippen molar-refractivity contribution >= 4 is 5.91 Å². The lowest BCUT2D eigenvalue weighted by Crippen LogP contribution is -2.25. The van der Waals surface area contributed by atoms with Crippen molar-refractivity contribution in [1.82, 2.24) is 5.32 Å². The standard InChI is InChI=1S/C12H17NO4/c1-16-10-6-3-5-9(11(10)17-2)12(15)13-7-4-8-14/h3,5-6,14H,4,7-8H2,1-2H3,(H,13,15). The number of amides is 1. The van der Waals surface area contributed by atoms with Gasteiger partial charge in [-0.3, -0.25) is 4.79 Å². The monoisotopic (exact) mass is 239 g/mol. The van der Waals surface area contributed by atoms with Crippen molar-refractivity contribution in [3.8, 4) is 11.5 Å². The molecule has 0 unspecified atom stereocenters. The van der Waals surface area contributed by atoms with Gasteiger partial charge in [0.1, 0.15) is 0 Å². The Morgan fingerprint density at radius 1 is 1.35 bits per heavy atom. The summed E-state index contributed by atoms with van der Waals surface area (Å²) in [6, 6.07) is 5.11. The zero-order chi connectivity index (χ0) is 12.7. The predicted octanol–water partition coefficient (Wildman–Crippen LogP) is 0.816. The Kier molecular flexibility index (Phi) is 5.29. The number of benzene rings is 1. The van der Waals surface area contributed by atoms with Crippen molar-refractivity contribution in [3.63, 3.8) is 0 Å². The van der Waals surface area contributed by atoms with Gasteiger partial charge in [0, 0.05) is 13.2 Å². The second kappa shape index (κ2) is 6.75. The third kappa shape index (κ3) is 3.35. The van der Waals surface area contributed by atoms with Crippen LogP contribution in [-0.2, 0) is 0 Å². The number of hydrogen-bond donors (Lipinski definition) is 2. The van der Waals surface area contributed by atoms with Crippen molar-refractivity contribution in [2.75, 3.05) is 27.4 Å². The van der Waals surface area contributed by atoms with E-state index in [1.54, 1.807) is 18.2 Å². The minimum atomic E-state index is -0.241. The first-order valence-corrected chi connectivity index (χ1v) is 5.34. The molecule has 0 aromatic heterocycles. The summed E-state index contributed by atoms with van der Waals surface area (Å²) in [4.78, 5) is 11.8. The Bertz CT molecular complexity index is 379. The molecule has 94 valence electrons. The molecular weight excluding hydrogens is 222 g/mol. The molecule has 17 heavy (non-hydrogen) atoms. The first-order chi connectivity index (χ1) is 8.24. The Labute approximate surface area is 100 Å². The lowest BCUT2D eigenvalue weighted by molar-refractivity contribution is 0.0947. The number of para-hydroxylation sites is 1. The Hall–Kier alpha value is -1.75. The molecule has 0 aliphatic carbocycles. The summed E-state index contributed by atoms with van der Waals surface area (Å²) in [7, 11) is 3.01. The minimum absolute atomic E-state index is 0.0511. The van der Waals surface area contributed by atoms with Crippen LogP contribution in [0.1, 0.15) is 16.8 Å². The maximum atomic E-state index is 11.8. The summed E-state index contributed by atoms with van der Waals surface area (Å²) in [6.07, 6.45) is 0.526. The van der Waals surface area contributed by atoms with E-state index in [1.165, 1.54) is 14.2 Å². The number of aliphatic hydroxyl groups excluding tert-OH is 1. The van der Waals surface area contributed by atoms with Crippen LogP contribution in [0.3, 0.4) is 0 Å². The number of carbonyl (C=O) groups excluding carboxylic acids is 1. The smallest absolute Gasteiger partial charge is 0.255 e. The van der Waals surface area contributed by atoms with Gasteiger partial charge in [-0.1, -0.05) is 6.07 Å². The summed E-state index contributed by atoms with van der Waals surface area (Å²) in [5, 5.41) is 11.3. The van der Waals surface area contributed by atoms with E-state index < -0.39 is 0 Å². The van der Waals surface area contributed by atoms with Crippen molar-refractivity contribution in [3.05, 3.63) is 23.8 Å². The number of carbonyl (C=O) groups is 1. The third-order valence-electron chi connectivity index (χ3n) is 2.27. The maximum absolute atomic E-state index is 11.8. The molecule has 0 atom stereocenters. The highest BCUT2D eigenvalue weighted by molar-refractivity contribution is 5.97. The highest BCUT2D eigenvalue weighted by atomic mass is 16.5. The molecule has 0 radical (unpaired) electrons. The lowest BCUT2D eigenvalue weighted by atomic mass is 10.1. The summed E-state index contributed by atoms with van der Waals surface area (Å²) in [5.74, 6) is 0.688. The Morgan fingerprint density at radius 2 is 2.12 bits per heavy atom. The number of hydrogen-bond acceptors (Lipinski definition) is 4. The topological polar surface area (TPSA) is 67.8 Å². The molecular formula is C12H17NO4. The van der Waals surface area contributed by atoms with E-state index >= 15 is 0 Å². The molecule has 1 amide bonds. The number of methoxy groups -OCH3 is 2. The molecule has 0 bridgehead atoms. The van der Waals surface area contributed by atoms with Crippen LogP contribution in [0.2, 0.25) is 0 Å². The summed E-state index contributed by atoms with van der Waals surface area (Å²) < 4.78 is 10.3. The van der Waals surface area contributed by atoms with Crippen LogP contribution in [0.15, 0.2) is 18.2 Å². The number of rotatable bonds is 6. The van der Waals surface area contributed by atoms with Crippen molar-refractivity contribution in [2.45, 2.75) is 6.42 Å². The van der Waals surface area contributed by atoms with E-state index in [4.69, 9.17) is 14.6 Å². The average Bonchev–Trinajstić information content (AvgIpc) is 2.37. The van der Waals surface area contributed by atoms with Gasteiger partial charge in [-0.15, -0.1) is 0 Å². The lowest BCUT2D eigenvalue weighted by Gasteiger charge is -2.12. The van der Waals surface area contributed by atoms with Crippen LogP contribution in [0, 0.1) is 0 Å². The van der Waals surface area contributed by atoms with Crippen molar-refractivity contribution in [2.24, 2.45) is 0 Å². The molecule has 0 saturated heterocycles. The molecule has 0 saturated carbocycles. The van der Waals surface area contributed by atoms with Crippen molar-refractivity contribution < 1.29 is 19.4 Å². The molecule has 5 heteroatoms. The third-order valence-corrected chi connectivity index (χ3v) is 2.27. The summed E-state index contributed by atoms with van der Waals surface area (Å²) in [6.45, 7) is 0.477. The molecule has 1 aromatic carbocycles. The molecule has 0 spiro atoms. The quantitative estimate of drug-likeness (QED) is 0.721. The predicted molar refractivity (Wildman–Crippen MR) is 63.6 cm³/mol. The van der Waals surface area contributed by atoms with Crippen molar-refractivity contribution in [1.29, 1.82) is 0 Å². The Balaban J connectivity index is 2.85. The SMILES string of the molecule is COc1cccc(C(=O)NCCCO)c1OC. The van der Waals surface area contributed by atoms with Crippen LogP contribution < -0.4 is 14.8 Å². The van der Waals surface area contributed by atoms with E-state index in [1.807, 2.05) is 0 Å². The van der Waals surface area contributed by atoms with Crippen LogP contribution in [-0.4, -0.2) is 38.4 Å². The highest BCUT2D eigenvalue weighted by Gasteiger charge is 2.15. The molecule has 0 aliphatic rings. The van der Waals surface area contributed by atoms with Gasteiger partial charge in [0.05, 0.1) is 19.8 Å².